The Bertz CT molecular complexity index is 543. The number of benzene rings is 1. The van der Waals surface area contributed by atoms with Gasteiger partial charge in [0.25, 0.3) is 0 Å². The zero-order chi connectivity index (χ0) is 13.1. The zero-order valence-corrected chi connectivity index (χ0v) is 12.6. The minimum absolute atomic E-state index is 0.304. The molecule has 0 radical (unpaired) electrons. The van der Waals surface area contributed by atoms with Crippen LogP contribution >= 0.6 is 31.9 Å². The first-order valence-corrected chi connectivity index (χ1v) is 6.96. The summed E-state index contributed by atoms with van der Waals surface area (Å²) >= 11 is 6.47. The fourth-order valence-corrected chi connectivity index (χ4v) is 2.29. The summed E-state index contributed by atoms with van der Waals surface area (Å²) in [5.74, 6) is -0.304. The summed E-state index contributed by atoms with van der Waals surface area (Å²) in [6.45, 7) is 0. The molecule has 0 saturated heterocycles. The third-order valence-electron chi connectivity index (χ3n) is 2.60. The normalized spacial score (nSPS) is 12.4. The van der Waals surface area contributed by atoms with Crippen LogP contribution < -0.4 is 5.73 Å². The molecule has 2 aromatic rings. The van der Waals surface area contributed by atoms with Gasteiger partial charge in [-0.3, -0.25) is 4.98 Å². The van der Waals surface area contributed by atoms with Crippen molar-refractivity contribution < 1.29 is 4.39 Å². The van der Waals surface area contributed by atoms with E-state index in [-0.39, 0.29) is 5.82 Å². The van der Waals surface area contributed by atoms with Crippen LogP contribution in [0.25, 0.3) is 0 Å². The Labute approximate surface area is 122 Å². The van der Waals surface area contributed by atoms with Gasteiger partial charge in [0, 0.05) is 34.4 Å². The summed E-state index contributed by atoms with van der Waals surface area (Å²) in [4.78, 5) is 4.23. The van der Waals surface area contributed by atoms with Crippen molar-refractivity contribution in [2.24, 2.45) is 5.73 Å². The van der Waals surface area contributed by atoms with Crippen molar-refractivity contribution >= 4 is 31.9 Å². The second kappa shape index (κ2) is 5.91. The van der Waals surface area contributed by atoms with Gasteiger partial charge >= 0.3 is 0 Å². The molecule has 0 spiro atoms. The second-order valence-electron chi connectivity index (χ2n) is 3.92. The van der Waals surface area contributed by atoms with Crippen LogP contribution in [0.1, 0.15) is 17.3 Å². The molecule has 1 aromatic carbocycles. The van der Waals surface area contributed by atoms with E-state index in [4.69, 9.17) is 5.73 Å². The molecule has 2 nitrogen and oxygen atoms in total. The molecule has 1 atom stereocenters. The van der Waals surface area contributed by atoms with E-state index in [1.54, 1.807) is 24.4 Å². The van der Waals surface area contributed by atoms with Gasteiger partial charge in [0.05, 0.1) is 4.47 Å². The number of hydrogen-bond acceptors (Lipinski definition) is 2. The highest BCUT2D eigenvalue weighted by molar-refractivity contribution is 9.10. The Hall–Kier alpha value is -0.780. The van der Waals surface area contributed by atoms with Crippen molar-refractivity contribution in [3.8, 4) is 0 Å². The van der Waals surface area contributed by atoms with Gasteiger partial charge in [0.1, 0.15) is 5.82 Å². The lowest BCUT2D eigenvalue weighted by molar-refractivity contribution is 0.572. The monoisotopic (exact) mass is 372 g/mol. The standard InChI is InChI=1S/C13H11Br2FN2/c14-8-4-5-9(18-7-8)6-12(17)10-2-1-3-11(15)13(10)16/h1-5,7,12H,6,17H2. The molecule has 0 fully saturated rings. The van der Waals surface area contributed by atoms with Crippen LogP contribution in [0.15, 0.2) is 45.5 Å². The number of pyridine rings is 1. The average molecular weight is 374 g/mol. The number of nitrogens with two attached hydrogens (primary N) is 1. The Morgan fingerprint density at radius 3 is 2.67 bits per heavy atom. The first-order valence-electron chi connectivity index (χ1n) is 5.38. The molecule has 0 amide bonds. The van der Waals surface area contributed by atoms with E-state index < -0.39 is 6.04 Å². The predicted molar refractivity (Wildman–Crippen MR) is 76.7 cm³/mol. The topological polar surface area (TPSA) is 38.9 Å². The molecule has 94 valence electrons. The van der Waals surface area contributed by atoms with Crippen LogP contribution in [0.4, 0.5) is 4.39 Å². The van der Waals surface area contributed by atoms with Gasteiger partial charge in [-0.1, -0.05) is 12.1 Å². The molecular weight excluding hydrogens is 363 g/mol. The van der Waals surface area contributed by atoms with E-state index in [0.717, 1.165) is 10.2 Å². The van der Waals surface area contributed by atoms with Crippen molar-refractivity contribution in [2.75, 3.05) is 0 Å². The molecular formula is C13H11Br2FN2. The SMILES string of the molecule is NC(Cc1ccc(Br)cn1)c1cccc(Br)c1F. The lowest BCUT2D eigenvalue weighted by Crippen LogP contribution is -2.15. The summed E-state index contributed by atoms with van der Waals surface area (Å²) in [5.41, 5.74) is 7.35. The Morgan fingerprint density at radius 2 is 2.00 bits per heavy atom. The molecule has 0 aliphatic heterocycles. The summed E-state index contributed by atoms with van der Waals surface area (Å²) in [7, 11) is 0. The van der Waals surface area contributed by atoms with E-state index in [9.17, 15) is 4.39 Å². The molecule has 18 heavy (non-hydrogen) atoms. The fraction of sp³-hybridized carbons (Fsp3) is 0.154. The van der Waals surface area contributed by atoms with Crippen molar-refractivity contribution in [3.63, 3.8) is 0 Å². The summed E-state index contributed by atoms with van der Waals surface area (Å²) in [6.07, 6.45) is 2.21. The minimum atomic E-state index is -0.406. The molecule has 2 N–H and O–H groups in total. The highest BCUT2D eigenvalue weighted by Gasteiger charge is 2.14. The first-order chi connectivity index (χ1) is 8.58. The van der Waals surface area contributed by atoms with Crippen molar-refractivity contribution in [2.45, 2.75) is 12.5 Å². The van der Waals surface area contributed by atoms with E-state index in [2.05, 4.69) is 36.8 Å². The summed E-state index contributed by atoms with van der Waals surface area (Å²) < 4.78 is 15.2. The smallest absolute Gasteiger partial charge is 0.142 e. The van der Waals surface area contributed by atoms with Gasteiger partial charge in [-0.2, -0.15) is 0 Å². The van der Waals surface area contributed by atoms with Gasteiger partial charge in [-0.25, -0.2) is 4.39 Å². The van der Waals surface area contributed by atoms with E-state index in [1.165, 1.54) is 0 Å². The molecule has 0 aliphatic carbocycles. The van der Waals surface area contributed by atoms with Crippen LogP contribution in [-0.4, -0.2) is 4.98 Å². The van der Waals surface area contributed by atoms with Crippen LogP contribution in [0, 0.1) is 5.82 Å². The van der Waals surface area contributed by atoms with E-state index in [1.807, 2.05) is 12.1 Å². The van der Waals surface area contributed by atoms with Gasteiger partial charge in [0.2, 0.25) is 0 Å². The predicted octanol–water partition coefficient (Wildman–Crippen LogP) is 3.99. The molecule has 1 heterocycles. The summed E-state index contributed by atoms with van der Waals surface area (Å²) in [5, 5.41) is 0. The molecule has 5 heteroatoms. The Kier molecular flexibility index (Phi) is 4.48. The Balaban J connectivity index is 2.19. The second-order valence-corrected chi connectivity index (χ2v) is 5.69. The van der Waals surface area contributed by atoms with Crippen molar-refractivity contribution in [3.05, 3.63) is 62.5 Å². The van der Waals surface area contributed by atoms with Gasteiger partial charge in [-0.05, 0) is 50.1 Å². The largest absolute Gasteiger partial charge is 0.324 e. The maximum atomic E-state index is 13.9. The van der Waals surface area contributed by atoms with Crippen molar-refractivity contribution in [1.29, 1.82) is 0 Å². The maximum absolute atomic E-state index is 13.9. The fourth-order valence-electron chi connectivity index (χ4n) is 1.67. The number of halogens is 3. The average Bonchev–Trinajstić information content (AvgIpc) is 2.35. The lowest BCUT2D eigenvalue weighted by Gasteiger charge is -2.13. The molecule has 1 aromatic heterocycles. The third-order valence-corrected chi connectivity index (χ3v) is 3.68. The zero-order valence-electron chi connectivity index (χ0n) is 9.41. The van der Waals surface area contributed by atoms with Crippen LogP contribution in [0.3, 0.4) is 0 Å². The van der Waals surface area contributed by atoms with Gasteiger partial charge < -0.3 is 5.73 Å². The quantitative estimate of drug-likeness (QED) is 0.883. The van der Waals surface area contributed by atoms with Crippen molar-refractivity contribution in [1.82, 2.24) is 4.98 Å². The van der Waals surface area contributed by atoms with Crippen LogP contribution in [-0.2, 0) is 6.42 Å². The lowest BCUT2D eigenvalue weighted by atomic mass is 10.0. The summed E-state index contributed by atoms with van der Waals surface area (Å²) in [6, 6.07) is 8.49. The number of nitrogens with zero attached hydrogens (tertiary/aromatic N) is 1. The third kappa shape index (κ3) is 3.16. The van der Waals surface area contributed by atoms with Gasteiger partial charge in [0.15, 0.2) is 0 Å². The minimum Gasteiger partial charge on any atom is -0.324 e. The highest BCUT2D eigenvalue weighted by Crippen LogP contribution is 2.24. The van der Waals surface area contributed by atoms with E-state index >= 15 is 0 Å². The first kappa shape index (κ1) is 13.6. The number of rotatable bonds is 3. The van der Waals surface area contributed by atoms with Gasteiger partial charge in [-0.15, -0.1) is 0 Å². The van der Waals surface area contributed by atoms with E-state index in [0.29, 0.717) is 16.5 Å². The maximum Gasteiger partial charge on any atom is 0.142 e. The number of hydrogen-bond donors (Lipinski definition) is 1. The molecule has 2 rings (SSSR count). The van der Waals surface area contributed by atoms with Crippen LogP contribution in [0.2, 0.25) is 0 Å². The molecule has 0 aliphatic rings. The molecule has 0 bridgehead atoms. The Morgan fingerprint density at radius 1 is 1.22 bits per heavy atom. The molecule has 0 saturated carbocycles. The highest BCUT2D eigenvalue weighted by atomic mass is 79.9. The molecule has 1 unspecified atom stereocenters. The number of aromatic nitrogens is 1. The van der Waals surface area contributed by atoms with Crippen LogP contribution in [0.5, 0.6) is 0 Å².